The number of hydrogen-bond donors (Lipinski definition) is 2. The number of hydrogen-bond acceptors (Lipinski definition) is 7. The topological polar surface area (TPSA) is 110 Å². The first kappa shape index (κ1) is 14.4. The third kappa shape index (κ3) is 3.52. The van der Waals surface area contributed by atoms with Crippen LogP contribution >= 0.6 is 0 Å². The molecule has 9 heteroatoms. The molecule has 2 rings (SSSR count). The van der Waals surface area contributed by atoms with Crippen LogP contribution in [0.25, 0.3) is 0 Å². The minimum Gasteiger partial charge on any atom is -0.383 e. The Labute approximate surface area is 116 Å². The summed E-state index contributed by atoms with van der Waals surface area (Å²) in [5.74, 6) is 0.376. The average molecular weight is 297 g/mol. The van der Waals surface area contributed by atoms with Crippen LogP contribution in [0.4, 0.5) is 5.69 Å². The molecular formula is C11H15N5O3S. The minimum absolute atomic E-state index is 0.0209. The molecule has 0 saturated carbocycles. The fourth-order valence-corrected chi connectivity index (χ4v) is 2.73. The zero-order valence-electron chi connectivity index (χ0n) is 10.9. The predicted octanol–water partition coefficient (Wildman–Crippen LogP) is 0.417. The molecule has 2 aromatic rings. The van der Waals surface area contributed by atoms with E-state index in [9.17, 15) is 8.42 Å². The van der Waals surface area contributed by atoms with Crippen molar-refractivity contribution in [2.45, 2.75) is 18.4 Å². The van der Waals surface area contributed by atoms with E-state index in [1.165, 1.54) is 12.5 Å². The smallest absolute Gasteiger partial charge is 0.260 e. The van der Waals surface area contributed by atoms with Gasteiger partial charge in [-0.3, -0.25) is 0 Å². The van der Waals surface area contributed by atoms with Crippen molar-refractivity contribution in [1.29, 1.82) is 0 Å². The number of sulfonamides is 1. The molecular weight excluding hydrogens is 282 g/mol. The zero-order valence-corrected chi connectivity index (χ0v) is 11.7. The fraction of sp³-hybridized carbons (Fsp3) is 0.364. The van der Waals surface area contributed by atoms with Crippen molar-refractivity contribution >= 4 is 15.7 Å². The second-order valence-electron chi connectivity index (χ2n) is 3.87. The summed E-state index contributed by atoms with van der Waals surface area (Å²) >= 11 is 0. The summed E-state index contributed by atoms with van der Waals surface area (Å²) in [7, 11) is -3.68. The molecule has 2 aromatic heterocycles. The molecule has 20 heavy (non-hydrogen) atoms. The fourth-order valence-electron chi connectivity index (χ4n) is 1.60. The lowest BCUT2D eigenvalue weighted by Crippen LogP contribution is -2.27. The molecule has 0 fully saturated rings. The Hall–Kier alpha value is -2.00. The van der Waals surface area contributed by atoms with Crippen molar-refractivity contribution in [3.63, 3.8) is 0 Å². The molecule has 0 saturated heterocycles. The van der Waals surface area contributed by atoms with Gasteiger partial charge in [-0.2, -0.15) is 4.98 Å². The Bertz CT molecular complexity index is 642. The van der Waals surface area contributed by atoms with Crippen LogP contribution in [-0.4, -0.2) is 36.6 Å². The molecule has 0 bridgehead atoms. The number of anilines is 1. The summed E-state index contributed by atoms with van der Waals surface area (Å²) in [6.07, 6.45) is 3.03. The van der Waals surface area contributed by atoms with Crippen LogP contribution in [0.15, 0.2) is 34.2 Å². The summed E-state index contributed by atoms with van der Waals surface area (Å²) in [6.45, 7) is 2.65. The summed E-state index contributed by atoms with van der Waals surface area (Å²) in [5, 5.41) is 6.39. The van der Waals surface area contributed by atoms with E-state index in [4.69, 9.17) is 4.52 Å². The lowest BCUT2D eigenvalue weighted by molar-refractivity contribution is 0.377. The van der Waals surface area contributed by atoms with Gasteiger partial charge in [0.1, 0.15) is 0 Å². The van der Waals surface area contributed by atoms with Gasteiger partial charge >= 0.3 is 0 Å². The molecule has 0 aliphatic carbocycles. The Morgan fingerprint density at radius 2 is 2.20 bits per heavy atom. The zero-order chi connectivity index (χ0) is 14.4. The van der Waals surface area contributed by atoms with Crippen molar-refractivity contribution in [2.24, 2.45) is 0 Å². The lowest BCUT2D eigenvalue weighted by atomic mass is 10.4. The molecule has 0 amide bonds. The van der Waals surface area contributed by atoms with Gasteiger partial charge in [0.05, 0.1) is 5.69 Å². The Morgan fingerprint density at radius 1 is 1.35 bits per heavy atom. The van der Waals surface area contributed by atoms with Gasteiger partial charge in [0, 0.05) is 25.7 Å². The maximum atomic E-state index is 12.2. The highest BCUT2D eigenvalue weighted by Gasteiger charge is 2.19. The first-order valence-electron chi connectivity index (χ1n) is 6.07. The summed E-state index contributed by atoms with van der Waals surface area (Å²) in [6, 6.07) is 3.35. The largest absolute Gasteiger partial charge is 0.383 e. The molecule has 2 N–H and O–H groups in total. The van der Waals surface area contributed by atoms with E-state index >= 15 is 0 Å². The first-order chi connectivity index (χ1) is 9.63. The standard InChI is InChI=1S/C11H15N5O3S/c1-2-12-9-4-3-6-13-11(9)20(17,18)16-7-5-10-14-8-15-19-10/h3-4,6,8,12,16H,2,5,7H2,1H3. The highest BCUT2D eigenvalue weighted by atomic mass is 32.2. The SMILES string of the molecule is CCNc1cccnc1S(=O)(=O)NCCc1ncno1. The van der Waals surface area contributed by atoms with Gasteiger partial charge in [0.25, 0.3) is 10.0 Å². The minimum atomic E-state index is -3.68. The Morgan fingerprint density at radius 3 is 2.90 bits per heavy atom. The molecule has 0 aliphatic heterocycles. The molecule has 8 nitrogen and oxygen atoms in total. The van der Waals surface area contributed by atoms with Crippen molar-refractivity contribution in [3.8, 4) is 0 Å². The molecule has 0 unspecified atom stereocenters. The van der Waals surface area contributed by atoms with Crippen LogP contribution in [0.5, 0.6) is 0 Å². The highest BCUT2D eigenvalue weighted by Crippen LogP contribution is 2.17. The quantitative estimate of drug-likeness (QED) is 0.762. The summed E-state index contributed by atoms with van der Waals surface area (Å²) < 4.78 is 31.6. The van der Waals surface area contributed by atoms with Crippen LogP contribution in [-0.2, 0) is 16.4 Å². The van der Waals surface area contributed by atoms with E-state index in [2.05, 4.69) is 25.2 Å². The normalized spacial score (nSPS) is 11.4. The van der Waals surface area contributed by atoms with Gasteiger partial charge in [0.15, 0.2) is 11.4 Å². The van der Waals surface area contributed by atoms with Crippen molar-refractivity contribution < 1.29 is 12.9 Å². The van der Waals surface area contributed by atoms with E-state index in [1.807, 2.05) is 6.92 Å². The second-order valence-corrected chi connectivity index (χ2v) is 5.55. The van der Waals surface area contributed by atoms with E-state index in [-0.39, 0.29) is 11.6 Å². The van der Waals surface area contributed by atoms with Crippen LogP contribution in [0.2, 0.25) is 0 Å². The molecule has 0 radical (unpaired) electrons. The van der Waals surface area contributed by atoms with E-state index in [1.54, 1.807) is 12.1 Å². The molecule has 2 heterocycles. The Kier molecular flexibility index (Phi) is 4.64. The third-order valence-corrected chi connectivity index (χ3v) is 3.85. The molecule has 0 atom stereocenters. The van der Waals surface area contributed by atoms with Gasteiger partial charge in [-0.25, -0.2) is 18.1 Å². The van der Waals surface area contributed by atoms with Crippen molar-refractivity contribution in [1.82, 2.24) is 19.8 Å². The monoisotopic (exact) mass is 297 g/mol. The van der Waals surface area contributed by atoms with Gasteiger partial charge in [-0.05, 0) is 19.1 Å². The van der Waals surface area contributed by atoms with E-state index in [0.717, 1.165) is 0 Å². The van der Waals surface area contributed by atoms with E-state index in [0.29, 0.717) is 24.5 Å². The van der Waals surface area contributed by atoms with Crippen LogP contribution < -0.4 is 10.0 Å². The summed E-state index contributed by atoms with van der Waals surface area (Å²) in [5.41, 5.74) is 0.472. The second kappa shape index (κ2) is 6.44. The van der Waals surface area contributed by atoms with E-state index < -0.39 is 10.0 Å². The highest BCUT2D eigenvalue weighted by molar-refractivity contribution is 7.89. The number of aromatic nitrogens is 3. The van der Waals surface area contributed by atoms with Gasteiger partial charge < -0.3 is 9.84 Å². The number of rotatable bonds is 7. The maximum absolute atomic E-state index is 12.2. The molecule has 0 spiro atoms. The van der Waals surface area contributed by atoms with Crippen LogP contribution in [0.1, 0.15) is 12.8 Å². The molecule has 0 aromatic carbocycles. The third-order valence-electron chi connectivity index (χ3n) is 2.43. The van der Waals surface area contributed by atoms with Crippen LogP contribution in [0, 0.1) is 0 Å². The molecule has 0 aliphatic rings. The Balaban J connectivity index is 2.06. The van der Waals surface area contributed by atoms with Crippen LogP contribution in [0.3, 0.4) is 0 Å². The number of nitrogens with zero attached hydrogens (tertiary/aromatic N) is 3. The predicted molar refractivity (Wildman–Crippen MR) is 71.6 cm³/mol. The van der Waals surface area contributed by atoms with Crippen molar-refractivity contribution in [3.05, 3.63) is 30.5 Å². The lowest BCUT2D eigenvalue weighted by Gasteiger charge is -2.10. The maximum Gasteiger partial charge on any atom is 0.260 e. The first-order valence-corrected chi connectivity index (χ1v) is 7.56. The summed E-state index contributed by atoms with van der Waals surface area (Å²) in [4.78, 5) is 7.74. The van der Waals surface area contributed by atoms with Gasteiger partial charge in [-0.15, -0.1) is 0 Å². The van der Waals surface area contributed by atoms with Gasteiger partial charge in [0.2, 0.25) is 5.89 Å². The average Bonchev–Trinajstić information content (AvgIpc) is 2.92. The van der Waals surface area contributed by atoms with Crippen molar-refractivity contribution in [2.75, 3.05) is 18.4 Å². The number of nitrogens with one attached hydrogen (secondary N) is 2. The number of pyridine rings is 1. The molecule has 108 valence electrons. The van der Waals surface area contributed by atoms with Gasteiger partial charge in [-0.1, -0.05) is 5.16 Å².